The van der Waals surface area contributed by atoms with Gasteiger partial charge < -0.3 is 15.4 Å². The van der Waals surface area contributed by atoms with Gasteiger partial charge in [-0.2, -0.15) is 0 Å². The van der Waals surface area contributed by atoms with Crippen molar-refractivity contribution in [3.63, 3.8) is 0 Å². The molecule has 9 heteroatoms. The van der Waals surface area contributed by atoms with Gasteiger partial charge >= 0.3 is 0 Å². The Morgan fingerprint density at radius 2 is 1.91 bits per heavy atom. The van der Waals surface area contributed by atoms with Gasteiger partial charge in [-0.3, -0.25) is 19.6 Å². The number of nitrogens with two attached hydrogens (primary N) is 1. The fraction of sp³-hybridized carbons (Fsp3) is 0.583. The maximum absolute atomic E-state index is 13.6. The van der Waals surface area contributed by atoms with E-state index >= 15 is 0 Å². The lowest BCUT2D eigenvalue weighted by Crippen LogP contribution is -2.71. The van der Waals surface area contributed by atoms with Crippen molar-refractivity contribution in [3.05, 3.63) is 45.6 Å². The number of amides is 1. The minimum atomic E-state index is 0.0680. The van der Waals surface area contributed by atoms with E-state index in [0.717, 1.165) is 30.8 Å². The molecule has 1 amide bonds. The van der Waals surface area contributed by atoms with Gasteiger partial charge in [0, 0.05) is 32.9 Å². The summed E-state index contributed by atoms with van der Waals surface area (Å²) < 4.78 is 6.11. The van der Waals surface area contributed by atoms with Crippen LogP contribution in [0.2, 0.25) is 10.0 Å². The van der Waals surface area contributed by atoms with Crippen LogP contribution in [0.1, 0.15) is 18.4 Å². The predicted octanol–water partition coefficient (Wildman–Crippen LogP) is 2.46. The van der Waals surface area contributed by atoms with Crippen LogP contribution in [-0.4, -0.2) is 97.9 Å². The SMILES string of the molecule is CN=C/C(=C\N)CN1CCN(C(=O)Cc2ccc(Cl)c(Cl)c2)C2C1COC[C@@H]2N1CCCC1. The molecule has 1 aromatic carbocycles. The van der Waals surface area contributed by atoms with Crippen molar-refractivity contribution in [2.24, 2.45) is 10.7 Å². The van der Waals surface area contributed by atoms with Crippen molar-refractivity contribution in [2.45, 2.75) is 37.4 Å². The molecular weight excluding hydrogens is 461 g/mol. The predicted molar refractivity (Wildman–Crippen MR) is 133 cm³/mol. The monoisotopic (exact) mass is 493 g/mol. The number of hydrogen-bond donors (Lipinski definition) is 1. The van der Waals surface area contributed by atoms with Crippen LogP contribution in [-0.2, 0) is 16.0 Å². The Morgan fingerprint density at radius 3 is 2.61 bits per heavy atom. The first-order valence-corrected chi connectivity index (χ1v) is 12.4. The van der Waals surface area contributed by atoms with E-state index in [1.807, 2.05) is 6.07 Å². The highest BCUT2D eigenvalue weighted by atomic mass is 35.5. The summed E-state index contributed by atoms with van der Waals surface area (Å²) in [5.41, 5.74) is 7.70. The Balaban J connectivity index is 1.58. The summed E-state index contributed by atoms with van der Waals surface area (Å²) in [6, 6.07) is 5.79. The average molecular weight is 494 g/mol. The highest BCUT2D eigenvalue weighted by Gasteiger charge is 2.47. The molecule has 180 valence electrons. The summed E-state index contributed by atoms with van der Waals surface area (Å²) in [5.74, 6) is 0.124. The van der Waals surface area contributed by atoms with Gasteiger partial charge in [-0.05, 0) is 55.4 Å². The fourth-order valence-electron chi connectivity index (χ4n) is 5.40. The number of aliphatic imine (C=N–C) groups is 1. The Labute approximate surface area is 206 Å². The molecule has 4 rings (SSSR count). The van der Waals surface area contributed by atoms with Crippen LogP contribution in [0, 0.1) is 0 Å². The maximum atomic E-state index is 13.6. The third-order valence-corrected chi connectivity index (χ3v) is 7.73. The van der Waals surface area contributed by atoms with Gasteiger partial charge in [0.2, 0.25) is 5.91 Å². The van der Waals surface area contributed by atoms with Crippen molar-refractivity contribution in [1.29, 1.82) is 0 Å². The van der Waals surface area contributed by atoms with Crippen LogP contribution >= 0.6 is 23.2 Å². The molecule has 3 aliphatic rings. The quantitative estimate of drug-likeness (QED) is 0.616. The number of benzene rings is 1. The van der Waals surface area contributed by atoms with Crippen LogP contribution in [0.3, 0.4) is 0 Å². The summed E-state index contributed by atoms with van der Waals surface area (Å²) in [6.07, 6.45) is 6.12. The van der Waals surface area contributed by atoms with Crippen molar-refractivity contribution in [3.8, 4) is 0 Å². The number of halogens is 2. The minimum absolute atomic E-state index is 0.0680. The zero-order chi connectivity index (χ0) is 23.4. The first kappa shape index (κ1) is 24.5. The lowest BCUT2D eigenvalue weighted by molar-refractivity contribution is -0.151. The molecule has 0 radical (unpaired) electrons. The topological polar surface area (TPSA) is 74.4 Å². The standard InChI is InChI=1S/C24H33Cl2N5O2/c1-28-13-18(12-27)14-30-8-9-31(23(32)11-17-4-5-19(25)20(26)10-17)24-21(15-33-16-22(24)30)29-6-2-3-7-29/h4-5,10,12-13,21-22,24H,2-3,6-9,11,14-16,27H2,1H3/b18-12+,28-13?/t21-,22?,24?/m0/s1. The highest BCUT2D eigenvalue weighted by molar-refractivity contribution is 6.42. The molecule has 3 aliphatic heterocycles. The summed E-state index contributed by atoms with van der Waals surface area (Å²) in [7, 11) is 1.75. The van der Waals surface area contributed by atoms with Gasteiger partial charge in [0.05, 0.1) is 47.8 Å². The molecular formula is C24H33Cl2N5O2. The molecule has 7 nitrogen and oxygen atoms in total. The molecule has 0 aliphatic carbocycles. The molecule has 3 heterocycles. The second-order valence-electron chi connectivity index (χ2n) is 9.02. The van der Waals surface area contributed by atoms with E-state index in [4.69, 9.17) is 33.7 Å². The molecule has 3 fully saturated rings. The molecule has 1 aromatic rings. The van der Waals surface area contributed by atoms with Crippen molar-refractivity contribution in [1.82, 2.24) is 14.7 Å². The van der Waals surface area contributed by atoms with Crippen LogP contribution in [0.5, 0.6) is 0 Å². The van der Waals surface area contributed by atoms with Crippen LogP contribution in [0.25, 0.3) is 0 Å². The summed E-state index contributed by atoms with van der Waals surface area (Å²) >= 11 is 12.3. The van der Waals surface area contributed by atoms with Crippen molar-refractivity contribution < 1.29 is 9.53 Å². The molecule has 0 aromatic heterocycles. The van der Waals surface area contributed by atoms with Crippen LogP contribution in [0.15, 0.2) is 35.0 Å². The van der Waals surface area contributed by atoms with E-state index in [2.05, 4.69) is 19.7 Å². The maximum Gasteiger partial charge on any atom is 0.227 e. The van der Waals surface area contributed by atoms with E-state index in [-0.39, 0.29) is 24.0 Å². The molecule has 33 heavy (non-hydrogen) atoms. The summed E-state index contributed by atoms with van der Waals surface area (Å²) in [6.45, 7) is 5.51. The van der Waals surface area contributed by atoms with Crippen molar-refractivity contribution >= 4 is 35.3 Å². The number of fused-ring (bicyclic) bond motifs is 1. The van der Waals surface area contributed by atoms with Crippen LogP contribution in [0.4, 0.5) is 0 Å². The van der Waals surface area contributed by atoms with Gasteiger partial charge in [0.15, 0.2) is 0 Å². The van der Waals surface area contributed by atoms with Gasteiger partial charge in [0.25, 0.3) is 0 Å². The first-order chi connectivity index (χ1) is 16.0. The highest BCUT2D eigenvalue weighted by Crippen LogP contribution is 2.31. The first-order valence-electron chi connectivity index (χ1n) is 11.6. The third-order valence-electron chi connectivity index (χ3n) is 6.99. The molecule has 0 spiro atoms. The molecule has 2 N–H and O–H groups in total. The smallest absolute Gasteiger partial charge is 0.227 e. The number of carbonyl (C=O) groups is 1. The third kappa shape index (κ3) is 5.54. The minimum Gasteiger partial charge on any atom is -0.404 e. The average Bonchev–Trinajstić information content (AvgIpc) is 3.35. The van der Waals surface area contributed by atoms with Gasteiger partial charge in [0.1, 0.15) is 0 Å². The largest absolute Gasteiger partial charge is 0.404 e. The number of hydrogen-bond acceptors (Lipinski definition) is 6. The Morgan fingerprint density at radius 1 is 1.15 bits per heavy atom. The van der Waals surface area contributed by atoms with E-state index in [1.165, 1.54) is 12.8 Å². The van der Waals surface area contributed by atoms with E-state index < -0.39 is 0 Å². The number of ether oxygens (including phenoxy) is 1. The lowest BCUT2D eigenvalue weighted by Gasteiger charge is -2.54. The molecule has 3 atom stereocenters. The Hall–Kier alpha value is -1.64. The summed E-state index contributed by atoms with van der Waals surface area (Å²) in [4.78, 5) is 24.7. The molecule has 3 saturated heterocycles. The van der Waals surface area contributed by atoms with Crippen molar-refractivity contribution in [2.75, 3.05) is 53.0 Å². The van der Waals surface area contributed by atoms with Gasteiger partial charge in [-0.25, -0.2) is 0 Å². The van der Waals surface area contributed by atoms with Gasteiger partial charge in [-0.1, -0.05) is 29.3 Å². The Bertz CT molecular complexity index is 903. The number of piperazine rings is 1. The van der Waals surface area contributed by atoms with Crippen LogP contribution < -0.4 is 5.73 Å². The second-order valence-corrected chi connectivity index (χ2v) is 9.83. The zero-order valence-electron chi connectivity index (χ0n) is 19.1. The fourth-order valence-corrected chi connectivity index (χ4v) is 5.72. The molecule has 0 saturated carbocycles. The molecule has 0 bridgehead atoms. The van der Waals surface area contributed by atoms with E-state index in [0.29, 0.717) is 42.8 Å². The number of nitrogens with zero attached hydrogens (tertiary/aromatic N) is 4. The zero-order valence-corrected chi connectivity index (χ0v) is 20.6. The van der Waals surface area contributed by atoms with E-state index in [9.17, 15) is 4.79 Å². The number of likely N-dealkylation sites (tertiary alicyclic amines) is 1. The second kappa shape index (κ2) is 11.2. The number of carbonyl (C=O) groups excluding carboxylic acids is 1. The number of rotatable bonds is 6. The summed E-state index contributed by atoms with van der Waals surface area (Å²) in [5, 5.41) is 0.976. The molecule has 2 unspecified atom stereocenters. The lowest BCUT2D eigenvalue weighted by atomic mass is 9.90. The van der Waals surface area contributed by atoms with E-state index in [1.54, 1.807) is 31.6 Å². The van der Waals surface area contributed by atoms with Gasteiger partial charge in [-0.15, -0.1) is 0 Å². The normalized spacial score (nSPS) is 27.3. The Kier molecular flexibility index (Phi) is 8.30.